The van der Waals surface area contributed by atoms with Crippen molar-refractivity contribution in [2.24, 2.45) is 10.2 Å². The number of H-pyrrole nitrogens is 1. The van der Waals surface area contributed by atoms with Crippen LogP contribution in [-0.4, -0.2) is 38.2 Å². The molecule has 1 aliphatic rings. The summed E-state index contributed by atoms with van der Waals surface area (Å²) >= 11 is 0. The maximum Gasteiger partial charge on any atom is 0.245 e. The highest BCUT2D eigenvalue weighted by atomic mass is 16.3. The Morgan fingerprint density at radius 3 is 2.47 bits per heavy atom. The Morgan fingerprint density at radius 2 is 1.83 bits per heavy atom. The number of azo groups is 1. The smallest absolute Gasteiger partial charge is 0.245 e. The van der Waals surface area contributed by atoms with Crippen molar-refractivity contribution >= 4 is 17.3 Å². The van der Waals surface area contributed by atoms with Gasteiger partial charge in [0.15, 0.2) is 17.3 Å². The second-order valence-electron chi connectivity index (χ2n) is 8.29. The third kappa shape index (κ3) is 3.52. The lowest BCUT2D eigenvalue weighted by molar-refractivity contribution is 0.434. The van der Waals surface area contributed by atoms with Crippen molar-refractivity contribution in [3.05, 3.63) is 41.6 Å². The fourth-order valence-electron chi connectivity index (χ4n) is 3.52. The number of aromatic hydroxyl groups is 1. The zero-order valence-electron chi connectivity index (χ0n) is 17.3. The van der Waals surface area contributed by atoms with Gasteiger partial charge in [-0.2, -0.15) is 15.0 Å². The van der Waals surface area contributed by atoms with E-state index in [2.05, 4.69) is 36.5 Å². The van der Waals surface area contributed by atoms with Crippen molar-refractivity contribution in [3.63, 3.8) is 0 Å². The first-order chi connectivity index (χ1) is 14.4. The number of nitrogens with zero attached hydrogens (tertiary/aromatic N) is 7. The normalized spacial score (nSPS) is 14.5. The molecule has 3 heterocycles. The van der Waals surface area contributed by atoms with E-state index < -0.39 is 0 Å². The summed E-state index contributed by atoms with van der Waals surface area (Å²) in [6, 6.07) is 11.5. The van der Waals surface area contributed by atoms with Gasteiger partial charge in [-0.3, -0.25) is 5.10 Å². The van der Waals surface area contributed by atoms with Crippen molar-refractivity contribution in [2.45, 2.75) is 39.0 Å². The van der Waals surface area contributed by atoms with Crippen LogP contribution in [-0.2, 0) is 5.41 Å². The number of para-hydroxylation sites is 1. The fraction of sp³-hybridized carbons (Fsp3) is 0.381. The molecule has 154 valence electrons. The first kappa shape index (κ1) is 19.6. The Balaban J connectivity index is 1.78. The molecule has 1 aliphatic heterocycles. The largest absolute Gasteiger partial charge is 0.492 e. The van der Waals surface area contributed by atoms with Crippen molar-refractivity contribution in [3.8, 4) is 17.6 Å². The Bertz CT molecular complexity index is 1110. The molecule has 0 spiro atoms. The van der Waals surface area contributed by atoms with E-state index in [1.807, 2.05) is 51.1 Å². The highest BCUT2D eigenvalue weighted by Gasteiger charge is 2.27. The van der Waals surface area contributed by atoms with Gasteiger partial charge in [-0.1, -0.05) is 39.0 Å². The summed E-state index contributed by atoms with van der Waals surface area (Å²) in [5.41, 5.74) is 1.67. The maximum atomic E-state index is 10.9. The Morgan fingerprint density at radius 1 is 1.13 bits per heavy atom. The lowest BCUT2D eigenvalue weighted by Crippen LogP contribution is -2.18. The number of hydrogen-bond donors (Lipinski definition) is 2. The van der Waals surface area contributed by atoms with Gasteiger partial charge in [0, 0.05) is 18.5 Å². The Hall–Kier alpha value is -3.67. The SMILES string of the molecule is CC(C)(C)c1n[nH]c(/N=N/c2c(N3CCCC3)nn(-c3ccccc3)c2O)c1C#N. The van der Waals surface area contributed by atoms with Crippen LogP contribution in [0.1, 0.15) is 44.9 Å². The minimum Gasteiger partial charge on any atom is -0.492 e. The predicted molar refractivity (Wildman–Crippen MR) is 113 cm³/mol. The summed E-state index contributed by atoms with van der Waals surface area (Å²) in [5.74, 6) is 0.745. The van der Waals surface area contributed by atoms with E-state index in [1.165, 1.54) is 4.68 Å². The van der Waals surface area contributed by atoms with E-state index in [1.54, 1.807) is 0 Å². The topological polar surface area (TPSA) is 118 Å². The van der Waals surface area contributed by atoms with Gasteiger partial charge in [0.25, 0.3) is 0 Å². The van der Waals surface area contributed by atoms with E-state index in [4.69, 9.17) is 0 Å². The summed E-state index contributed by atoms with van der Waals surface area (Å²) in [5, 5.41) is 40.7. The predicted octanol–water partition coefficient (Wildman–Crippen LogP) is 4.49. The molecule has 0 aliphatic carbocycles. The lowest BCUT2D eigenvalue weighted by atomic mass is 9.90. The van der Waals surface area contributed by atoms with Crippen LogP contribution >= 0.6 is 0 Å². The maximum absolute atomic E-state index is 10.9. The van der Waals surface area contributed by atoms with Gasteiger partial charge in [-0.25, -0.2) is 0 Å². The zero-order chi connectivity index (χ0) is 21.3. The molecule has 3 aromatic rings. The van der Waals surface area contributed by atoms with Crippen LogP contribution in [0.2, 0.25) is 0 Å². The average molecular weight is 404 g/mol. The first-order valence-electron chi connectivity index (χ1n) is 9.93. The number of nitrogens with one attached hydrogen (secondary N) is 1. The minimum atomic E-state index is -0.309. The third-order valence-corrected chi connectivity index (χ3v) is 5.04. The van der Waals surface area contributed by atoms with Crippen molar-refractivity contribution in [1.29, 1.82) is 5.26 Å². The summed E-state index contributed by atoms with van der Waals surface area (Å²) in [6.45, 7) is 7.62. The van der Waals surface area contributed by atoms with Gasteiger partial charge in [0.2, 0.25) is 5.88 Å². The van der Waals surface area contributed by atoms with Gasteiger partial charge in [-0.05, 0) is 25.0 Å². The zero-order valence-corrected chi connectivity index (χ0v) is 17.3. The summed E-state index contributed by atoms with van der Waals surface area (Å²) in [6.07, 6.45) is 2.12. The Kier molecular flexibility index (Phi) is 4.99. The highest BCUT2D eigenvalue weighted by molar-refractivity contribution is 5.70. The minimum absolute atomic E-state index is 0.0964. The number of anilines is 1. The molecule has 0 unspecified atom stereocenters. The molecule has 2 aromatic heterocycles. The Labute approximate surface area is 174 Å². The quantitative estimate of drug-likeness (QED) is 0.621. The van der Waals surface area contributed by atoms with Crippen LogP contribution in [0.5, 0.6) is 5.88 Å². The molecule has 0 bridgehead atoms. The van der Waals surface area contributed by atoms with Crippen LogP contribution in [0.15, 0.2) is 40.6 Å². The molecule has 0 saturated carbocycles. The van der Waals surface area contributed by atoms with Crippen molar-refractivity contribution in [2.75, 3.05) is 18.0 Å². The van der Waals surface area contributed by atoms with E-state index in [0.29, 0.717) is 17.1 Å². The summed E-state index contributed by atoms with van der Waals surface area (Å²) < 4.78 is 1.46. The third-order valence-electron chi connectivity index (χ3n) is 5.04. The molecule has 1 aromatic carbocycles. The molecular weight excluding hydrogens is 380 g/mol. The molecule has 0 amide bonds. The van der Waals surface area contributed by atoms with Gasteiger partial charge in [0.05, 0.1) is 11.4 Å². The van der Waals surface area contributed by atoms with E-state index in [9.17, 15) is 10.4 Å². The van der Waals surface area contributed by atoms with Gasteiger partial charge in [0.1, 0.15) is 11.6 Å². The molecule has 1 fully saturated rings. The summed E-state index contributed by atoms with van der Waals surface area (Å²) in [7, 11) is 0. The number of rotatable bonds is 4. The lowest BCUT2D eigenvalue weighted by Gasteiger charge is -2.14. The van der Waals surface area contributed by atoms with Crippen molar-refractivity contribution < 1.29 is 5.11 Å². The molecule has 0 atom stereocenters. The molecule has 9 nitrogen and oxygen atoms in total. The van der Waals surface area contributed by atoms with Gasteiger partial charge < -0.3 is 10.0 Å². The van der Waals surface area contributed by atoms with Gasteiger partial charge >= 0.3 is 0 Å². The summed E-state index contributed by atoms with van der Waals surface area (Å²) in [4.78, 5) is 2.09. The van der Waals surface area contributed by atoms with Crippen LogP contribution in [0.25, 0.3) is 5.69 Å². The number of aromatic nitrogens is 4. The first-order valence-corrected chi connectivity index (χ1v) is 9.93. The molecular formula is C21H24N8O. The average Bonchev–Trinajstić information content (AvgIpc) is 3.45. The monoisotopic (exact) mass is 404 g/mol. The highest BCUT2D eigenvalue weighted by Crippen LogP contribution is 2.41. The standard InChI is InChI=1S/C21H24N8O/c1-21(2,3)17-15(13-22)18(26-24-17)25-23-16-19(28-11-7-8-12-28)27-29(20(16)30)14-9-5-4-6-10-14/h4-6,9-10,30H,7-8,11-12H2,1-3H3,(H,24,26)/b25-23+. The van der Waals surface area contributed by atoms with Gasteiger partial charge in [-0.15, -0.1) is 15.3 Å². The molecule has 2 N–H and O–H groups in total. The molecule has 30 heavy (non-hydrogen) atoms. The fourth-order valence-corrected chi connectivity index (χ4v) is 3.52. The molecule has 4 rings (SSSR count). The number of benzene rings is 1. The van der Waals surface area contributed by atoms with Crippen LogP contribution < -0.4 is 4.90 Å². The second kappa shape index (κ2) is 7.63. The number of nitriles is 1. The number of hydrogen-bond acceptors (Lipinski definition) is 7. The van der Waals surface area contributed by atoms with E-state index >= 15 is 0 Å². The van der Waals surface area contributed by atoms with Crippen LogP contribution in [0.3, 0.4) is 0 Å². The molecule has 1 saturated heterocycles. The van der Waals surface area contributed by atoms with E-state index in [-0.39, 0.29) is 22.8 Å². The van der Waals surface area contributed by atoms with Crippen LogP contribution in [0, 0.1) is 11.3 Å². The number of aromatic amines is 1. The van der Waals surface area contributed by atoms with E-state index in [0.717, 1.165) is 31.6 Å². The van der Waals surface area contributed by atoms with Crippen LogP contribution in [0.4, 0.5) is 17.3 Å². The molecule has 0 radical (unpaired) electrons. The molecule has 9 heteroatoms. The second-order valence-corrected chi connectivity index (χ2v) is 8.29. The van der Waals surface area contributed by atoms with Crippen molar-refractivity contribution in [1.82, 2.24) is 20.0 Å².